The summed E-state index contributed by atoms with van der Waals surface area (Å²) >= 11 is 0. The van der Waals surface area contributed by atoms with E-state index in [4.69, 9.17) is 4.74 Å². The molecule has 0 bridgehead atoms. The summed E-state index contributed by atoms with van der Waals surface area (Å²) in [5, 5.41) is 10.9. The summed E-state index contributed by atoms with van der Waals surface area (Å²) in [5.74, 6) is -0.629. The number of nitrogens with zero attached hydrogens (tertiary/aromatic N) is 3. The average Bonchev–Trinajstić information content (AvgIpc) is 3.11. The summed E-state index contributed by atoms with van der Waals surface area (Å²) in [4.78, 5) is 12.5. The highest BCUT2D eigenvalue weighted by molar-refractivity contribution is 5.93. The Kier molecular flexibility index (Phi) is 4.68. The molecular weight excluding hydrogens is 347 g/mol. The van der Waals surface area contributed by atoms with E-state index < -0.39 is 0 Å². The van der Waals surface area contributed by atoms with Crippen molar-refractivity contribution in [2.75, 3.05) is 0 Å². The number of amides is 1. The predicted molar refractivity (Wildman–Crippen MR) is 96.3 cm³/mol. The third kappa shape index (κ3) is 3.73. The first kappa shape index (κ1) is 17.4. The van der Waals surface area contributed by atoms with Crippen LogP contribution < -0.4 is 5.32 Å². The molecule has 0 fully saturated rings. The SMILES string of the molecule is Cc1ccc([C@H]2Cn3nnc(C(=O)NCc4ccc(F)cc4)c3CO2)cc1. The summed E-state index contributed by atoms with van der Waals surface area (Å²) in [6.45, 7) is 3.11. The summed E-state index contributed by atoms with van der Waals surface area (Å²) in [7, 11) is 0. The van der Waals surface area contributed by atoms with E-state index in [0.717, 1.165) is 11.1 Å². The van der Waals surface area contributed by atoms with Gasteiger partial charge in [-0.3, -0.25) is 4.79 Å². The zero-order chi connectivity index (χ0) is 18.8. The van der Waals surface area contributed by atoms with Crippen molar-refractivity contribution in [3.8, 4) is 0 Å². The maximum Gasteiger partial charge on any atom is 0.274 e. The smallest absolute Gasteiger partial charge is 0.274 e. The number of aryl methyl sites for hydroxylation is 1. The van der Waals surface area contributed by atoms with E-state index in [1.165, 1.54) is 17.7 Å². The van der Waals surface area contributed by atoms with Gasteiger partial charge in [0.1, 0.15) is 11.9 Å². The average molecular weight is 366 g/mol. The molecule has 0 spiro atoms. The first-order valence-electron chi connectivity index (χ1n) is 8.73. The van der Waals surface area contributed by atoms with Gasteiger partial charge in [0.25, 0.3) is 5.91 Å². The molecule has 2 aromatic carbocycles. The van der Waals surface area contributed by atoms with E-state index in [2.05, 4.69) is 15.6 Å². The lowest BCUT2D eigenvalue weighted by Gasteiger charge is -2.24. The first-order chi connectivity index (χ1) is 13.1. The van der Waals surface area contributed by atoms with Gasteiger partial charge in [0.05, 0.1) is 18.8 Å². The van der Waals surface area contributed by atoms with Gasteiger partial charge in [0.15, 0.2) is 5.69 Å². The topological polar surface area (TPSA) is 69.0 Å². The monoisotopic (exact) mass is 366 g/mol. The van der Waals surface area contributed by atoms with Crippen molar-refractivity contribution in [2.45, 2.75) is 32.7 Å². The van der Waals surface area contributed by atoms with Crippen LogP contribution in [0.15, 0.2) is 48.5 Å². The molecule has 2 heterocycles. The van der Waals surface area contributed by atoms with Crippen LogP contribution in [0.2, 0.25) is 0 Å². The number of benzene rings is 2. The molecule has 1 aliphatic heterocycles. The Bertz CT molecular complexity index is 951. The molecule has 0 aliphatic carbocycles. The number of ether oxygens (including phenoxy) is 1. The van der Waals surface area contributed by atoms with Crippen LogP contribution in [0.4, 0.5) is 4.39 Å². The van der Waals surface area contributed by atoms with Crippen LogP contribution >= 0.6 is 0 Å². The minimum atomic E-state index is -0.321. The second kappa shape index (κ2) is 7.28. The van der Waals surface area contributed by atoms with Gasteiger partial charge in [-0.15, -0.1) is 5.10 Å². The third-order valence-electron chi connectivity index (χ3n) is 4.63. The molecule has 4 rings (SSSR count). The molecule has 1 N–H and O–H groups in total. The van der Waals surface area contributed by atoms with Crippen LogP contribution in [0, 0.1) is 12.7 Å². The van der Waals surface area contributed by atoms with Gasteiger partial charge in [0.2, 0.25) is 0 Å². The van der Waals surface area contributed by atoms with Crippen molar-refractivity contribution in [1.29, 1.82) is 0 Å². The maximum atomic E-state index is 12.9. The molecule has 0 saturated carbocycles. The fraction of sp³-hybridized carbons (Fsp3) is 0.250. The van der Waals surface area contributed by atoms with E-state index in [1.54, 1.807) is 16.8 Å². The lowest BCUT2D eigenvalue weighted by molar-refractivity contribution is -0.00177. The number of hydrogen-bond donors (Lipinski definition) is 1. The molecule has 3 aromatic rings. The van der Waals surface area contributed by atoms with Gasteiger partial charge < -0.3 is 10.1 Å². The standard InChI is InChI=1S/C20H19FN4O2/c1-13-2-6-15(7-3-13)18-11-25-17(12-27-18)19(23-24-25)20(26)22-10-14-4-8-16(21)9-5-14/h2-9,18H,10-12H2,1H3,(H,22,26)/t18-/m1/s1. The minimum Gasteiger partial charge on any atom is -0.365 e. The number of halogens is 1. The Morgan fingerprint density at radius 1 is 1.22 bits per heavy atom. The highest BCUT2D eigenvalue weighted by Gasteiger charge is 2.27. The lowest BCUT2D eigenvalue weighted by atomic mass is 10.1. The fourth-order valence-electron chi connectivity index (χ4n) is 3.04. The molecule has 0 radical (unpaired) electrons. The van der Waals surface area contributed by atoms with E-state index in [9.17, 15) is 9.18 Å². The second-order valence-electron chi connectivity index (χ2n) is 6.59. The minimum absolute atomic E-state index is 0.116. The molecule has 6 nitrogen and oxygen atoms in total. The van der Waals surface area contributed by atoms with E-state index in [-0.39, 0.29) is 36.7 Å². The summed E-state index contributed by atoms with van der Waals surface area (Å²) in [5.41, 5.74) is 4.00. The largest absolute Gasteiger partial charge is 0.365 e. The number of nitrogens with one attached hydrogen (secondary N) is 1. The van der Waals surface area contributed by atoms with E-state index >= 15 is 0 Å². The quantitative estimate of drug-likeness (QED) is 0.771. The molecule has 7 heteroatoms. The Hall–Kier alpha value is -3.06. The Balaban J connectivity index is 1.43. The zero-order valence-corrected chi connectivity index (χ0v) is 14.9. The molecule has 1 atom stereocenters. The maximum absolute atomic E-state index is 12.9. The number of rotatable bonds is 4. The summed E-state index contributed by atoms with van der Waals surface area (Å²) in [6, 6.07) is 14.2. The van der Waals surface area contributed by atoms with Crippen molar-refractivity contribution in [1.82, 2.24) is 20.3 Å². The van der Waals surface area contributed by atoms with Crippen LogP contribution in [-0.2, 0) is 24.4 Å². The lowest BCUT2D eigenvalue weighted by Crippen LogP contribution is -2.27. The molecule has 0 saturated heterocycles. The van der Waals surface area contributed by atoms with Crippen molar-refractivity contribution in [3.05, 3.63) is 82.4 Å². The van der Waals surface area contributed by atoms with Crippen LogP contribution in [-0.4, -0.2) is 20.9 Å². The van der Waals surface area contributed by atoms with Gasteiger partial charge in [-0.25, -0.2) is 9.07 Å². The predicted octanol–water partition coefficient (Wildman–Crippen LogP) is 2.93. The van der Waals surface area contributed by atoms with Gasteiger partial charge in [0, 0.05) is 6.54 Å². The van der Waals surface area contributed by atoms with Gasteiger partial charge >= 0.3 is 0 Å². The van der Waals surface area contributed by atoms with Crippen LogP contribution in [0.3, 0.4) is 0 Å². The molecular formula is C20H19FN4O2. The Morgan fingerprint density at radius 3 is 2.70 bits per heavy atom. The fourth-order valence-corrected chi connectivity index (χ4v) is 3.04. The van der Waals surface area contributed by atoms with Gasteiger partial charge in [-0.05, 0) is 30.2 Å². The number of carbonyl (C=O) groups is 1. The Labute approximate surface area is 156 Å². The number of carbonyl (C=O) groups excluding carboxylic acids is 1. The van der Waals surface area contributed by atoms with Crippen molar-refractivity contribution in [2.24, 2.45) is 0 Å². The van der Waals surface area contributed by atoms with Crippen LogP contribution in [0.5, 0.6) is 0 Å². The van der Waals surface area contributed by atoms with Crippen molar-refractivity contribution in [3.63, 3.8) is 0 Å². The molecule has 27 heavy (non-hydrogen) atoms. The van der Waals surface area contributed by atoms with Crippen molar-refractivity contribution < 1.29 is 13.9 Å². The van der Waals surface area contributed by atoms with E-state index in [0.29, 0.717) is 12.2 Å². The van der Waals surface area contributed by atoms with E-state index in [1.807, 2.05) is 31.2 Å². The van der Waals surface area contributed by atoms with Crippen molar-refractivity contribution >= 4 is 5.91 Å². The number of hydrogen-bond acceptors (Lipinski definition) is 4. The first-order valence-corrected chi connectivity index (χ1v) is 8.73. The number of fused-ring (bicyclic) bond motifs is 1. The molecule has 0 unspecified atom stereocenters. The summed E-state index contributed by atoms with van der Waals surface area (Å²) < 4.78 is 20.6. The molecule has 138 valence electrons. The third-order valence-corrected chi connectivity index (χ3v) is 4.63. The highest BCUT2D eigenvalue weighted by Crippen LogP contribution is 2.27. The Morgan fingerprint density at radius 2 is 1.96 bits per heavy atom. The molecule has 1 aromatic heterocycles. The second-order valence-corrected chi connectivity index (χ2v) is 6.59. The summed E-state index contributed by atoms with van der Waals surface area (Å²) in [6.07, 6.45) is -0.116. The van der Waals surface area contributed by atoms with Crippen LogP contribution in [0.1, 0.15) is 39.0 Å². The van der Waals surface area contributed by atoms with Crippen LogP contribution in [0.25, 0.3) is 0 Å². The van der Waals surface area contributed by atoms with Gasteiger partial charge in [-0.1, -0.05) is 47.2 Å². The normalized spacial score (nSPS) is 16.0. The molecule has 1 amide bonds. The van der Waals surface area contributed by atoms with Gasteiger partial charge in [-0.2, -0.15) is 0 Å². The zero-order valence-electron chi connectivity index (χ0n) is 14.9. The molecule has 1 aliphatic rings. The number of aromatic nitrogens is 3. The highest BCUT2D eigenvalue weighted by atomic mass is 19.1.